The van der Waals surface area contributed by atoms with Gasteiger partial charge in [-0.2, -0.15) is 0 Å². The van der Waals surface area contributed by atoms with Gasteiger partial charge in [0, 0.05) is 5.39 Å². The van der Waals surface area contributed by atoms with E-state index in [1.54, 1.807) is 30.3 Å². The molecule has 0 fully saturated rings. The third kappa shape index (κ3) is 3.17. The first kappa shape index (κ1) is 18.0. The van der Waals surface area contributed by atoms with Gasteiger partial charge in [0.25, 0.3) is 10.0 Å². The Morgan fingerprint density at radius 2 is 1.73 bits per heavy atom. The summed E-state index contributed by atoms with van der Waals surface area (Å²) in [4.78, 5) is 11.7. The van der Waals surface area contributed by atoms with Gasteiger partial charge in [0.2, 0.25) is 0 Å². The standard InChI is InChI=1S/C19H19NO5S/c1-12(2)25-15-6-9-17-14(10-15)11-18(19(21)22)20(17)26(23,24)16-7-4-13(3)5-8-16/h4-12H,1-3H3,(H,21,22). The molecule has 0 aliphatic carbocycles. The Labute approximate surface area is 151 Å². The second-order valence-corrected chi connectivity index (χ2v) is 8.09. The van der Waals surface area contributed by atoms with Crippen LogP contribution < -0.4 is 4.74 Å². The average molecular weight is 373 g/mol. The highest BCUT2D eigenvalue weighted by molar-refractivity contribution is 7.90. The Bertz CT molecular complexity index is 1080. The number of carbonyl (C=O) groups is 1. The summed E-state index contributed by atoms with van der Waals surface area (Å²) in [5, 5.41) is 10.0. The Balaban J connectivity index is 2.25. The van der Waals surface area contributed by atoms with E-state index in [1.165, 1.54) is 18.2 Å². The molecule has 136 valence electrons. The molecule has 0 amide bonds. The molecule has 7 heteroatoms. The maximum atomic E-state index is 13.1. The van der Waals surface area contributed by atoms with Crippen molar-refractivity contribution in [3.05, 3.63) is 59.8 Å². The van der Waals surface area contributed by atoms with Gasteiger partial charge in [0.05, 0.1) is 16.5 Å². The van der Waals surface area contributed by atoms with Gasteiger partial charge in [0.1, 0.15) is 11.4 Å². The Morgan fingerprint density at radius 1 is 1.08 bits per heavy atom. The number of benzene rings is 2. The van der Waals surface area contributed by atoms with Crippen molar-refractivity contribution in [3.63, 3.8) is 0 Å². The van der Waals surface area contributed by atoms with Gasteiger partial charge in [0.15, 0.2) is 0 Å². The highest BCUT2D eigenvalue weighted by Crippen LogP contribution is 2.29. The first-order valence-corrected chi connectivity index (χ1v) is 9.52. The van der Waals surface area contributed by atoms with Crippen LogP contribution >= 0.6 is 0 Å². The molecule has 2 aromatic carbocycles. The second-order valence-electron chi connectivity index (χ2n) is 6.30. The van der Waals surface area contributed by atoms with Gasteiger partial charge in [-0.1, -0.05) is 17.7 Å². The molecule has 0 saturated carbocycles. The zero-order chi connectivity index (χ0) is 19.1. The fourth-order valence-corrected chi connectivity index (χ4v) is 4.24. The summed E-state index contributed by atoms with van der Waals surface area (Å²) in [6, 6.07) is 12.5. The summed E-state index contributed by atoms with van der Waals surface area (Å²) < 4.78 is 32.6. The van der Waals surface area contributed by atoms with Crippen molar-refractivity contribution in [1.29, 1.82) is 0 Å². The first-order valence-electron chi connectivity index (χ1n) is 8.08. The molecule has 3 rings (SSSR count). The van der Waals surface area contributed by atoms with Crippen LogP contribution in [0.25, 0.3) is 10.9 Å². The highest BCUT2D eigenvalue weighted by atomic mass is 32.2. The van der Waals surface area contributed by atoms with E-state index in [0.717, 1.165) is 9.54 Å². The van der Waals surface area contributed by atoms with Crippen molar-refractivity contribution >= 4 is 26.9 Å². The highest BCUT2D eigenvalue weighted by Gasteiger charge is 2.26. The van der Waals surface area contributed by atoms with Crippen molar-refractivity contribution in [3.8, 4) is 5.75 Å². The topological polar surface area (TPSA) is 85.6 Å². The Morgan fingerprint density at radius 3 is 2.31 bits per heavy atom. The summed E-state index contributed by atoms with van der Waals surface area (Å²) in [7, 11) is -4.06. The summed E-state index contributed by atoms with van der Waals surface area (Å²) in [6.45, 7) is 5.60. The molecule has 26 heavy (non-hydrogen) atoms. The molecular weight excluding hydrogens is 354 g/mol. The Hall–Kier alpha value is -2.80. The van der Waals surface area contributed by atoms with Crippen LogP contribution in [-0.4, -0.2) is 29.6 Å². The molecule has 0 atom stereocenters. The molecule has 0 saturated heterocycles. The minimum Gasteiger partial charge on any atom is -0.491 e. The maximum Gasteiger partial charge on any atom is 0.353 e. The molecule has 6 nitrogen and oxygen atoms in total. The summed E-state index contributed by atoms with van der Waals surface area (Å²) in [5.41, 5.74) is 0.886. The van der Waals surface area contributed by atoms with Crippen LogP contribution in [0.2, 0.25) is 0 Å². The SMILES string of the molecule is Cc1ccc(S(=O)(=O)n2c(C(=O)O)cc3cc(OC(C)C)ccc32)cc1. The molecule has 1 aromatic heterocycles. The van der Waals surface area contributed by atoms with Gasteiger partial charge in [-0.05, 0) is 57.2 Å². The van der Waals surface area contributed by atoms with E-state index in [-0.39, 0.29) is 16.7 Å². The van der Waals surface area contributed by atoms with Crippen molar-refractivity contribution in [2.24, 2.45) is 0 Å². The molecule has 3 aromatic rings. The van der Waals surface area contributed by atoms with E-state index >= 15 is 0 Å². The predicted octanol–water partition coefficient (Wildman–Crippen LogP) is 3.67. The molecule has 0 aliphatic heterocycles. The minimum atomic E-state index is -4.06. The smallest absolute Gasteiger partial charge is 0.353 e. The van der Waals surface area contributed by atoms with Gasteiger partial charge in [-0.15, -0.1) is 0 Å². The van der Waals surface area contributed by atoms with Crippen molar-refractivity contribution in [1.82, 2.24) is 3.97 Å². The lowest BCUT2D eigenvalue weighted by Crippen LogP contribution is -2.18. The lowest BCUT2D eigenvalue weighted by atomic mass is 10.2. The van der Waals surface area contributed by atoms with E-state index in [4.69, 9.17) is 4.74 Å². The minimum absolute atomic E-state index is 0.0330. The van der Waals surface area contributed by atoms with E-state index in [1.807, 2.05) is 20.8 Å². The number of aromatic carboxylic acids is 1. The lowest BCUT2D eigenvalue weighted by molar-refractivity contribution is 0.0689. The van der Waals surface area contributed by atoms with Crippen molar-refractivity contribution in [2.75, 3.05) is 0 Å². The number of rotatable bonds is 5. The number of hydrogen-bond donors (Lipinski definition) is 1. The third-order valence-corrected chi connectivity index (χ3v) is 5.62. The van der Waals surface area contributed by atoms with Crippen LogP contribution in [-0.2, 0) is 10.0 Å². The zero-order valence-electron chi connectivity index (χ0n) is 14.6. The van der Waals surface area contributed by atoms with E-state index < -0.39 is 16.0 Å². The molecule has 1 N–H and O–H groups in total. The largest absolute Gasteiger partial charge is 0.491 e. The number of ether oxygens (including phenoxy) is 1. The quantitative estimate of drug-likeness (QED) is 0.737. The molecule has 0 spiro atoms. The van der Waals surface area contributed by atoms with Gasteiger partial charge < -0.3 is 9.84 Å². The third-order valence-electron chi connectivity index (χ3n) is 3.88. The van der Waals surface area contributed by atoms with E-state index in [2.05, 4.69) is 0 Å². The number of aryl methyl sites for hydroxylation is 1. The number of hydrogen-bond acceptors (Lipinski definition) is 4. The first-order chi connectivity index (χ1) is 12.2. The molecule has 0 radical (unpaired) electrons. The summed E-state index contributed by atoms with van der Waals surface area (Å²) >= 11 is 0. The fraction of sp³-hybridized carbons (Fsp3) is 0.211. The van der Waals surface area contributed by atoms with Crippen LogP contribution in [0.3, 0.4) is 0 Å². The van der Waals surface area contributed by atoms with Crippen LogP contribution in [0.4, 0.5) is 0 Å². The number of nitrogens with zero attached hydrogens (tertiary/aromatic N) is 1. The monoisotopic (exact) mass is 373 g/mol. The maximum absolute atomic E-state index is 13.1. The predicted molar refractivity (Wildman–Crippen MR) is 98.4 cm³/mol. The molecule has 0 aliphatic rings. The summed E-state index contributed by atoms with van der Waals surface area (Å²) in [5.74, 6) is -0.766. The van der Waals surface area contributed by atoms with Crippen LogP contribution in [0, 0.1) is 6.92 Å². The van der Waals surface area contributed by atoms with Crippen LogP contribution in [0.1, 0.15) is 29.9 Å². The fourth-order valence-electron chi connectivity index (χ4n) is 2.74. The average Bonchev–Trinajstić information content (AvgIpc) is 2.94. The van der Waals surface area contributed by atoms with Gasteiger partial charge in [-0.3, -0.25) is 0 Å². The van der Waals surface area contributed by atoms with E-state index in [0.29, 0.717) is 16.7 Å². The number of fused-ring (bicyclic) bond motifs is 1. The number of aromatic nitrogens is 1. The number of carboxylic acid groups (broad SMARTS) is 1. The molecule has 0 unspecified atom stereocenters. The zero-order valence-corrected chi connectivity index (χ0v) is 15.4. The second kappa shape index (κ2) is 6.49. The molecule has 0 bridgehead atoms. The number of carboxylic acids is 1. The van der Waals surface area contributed by atoms with Crippen LogP contribution in [0.15, 0.2) is 53.4 Å². The van der Waals surface area contributed by atoms with Gasteiger partial charge in [-0.25, -0.2) is 17.2 Å². The van der Waals surface area contributed by atoms with Gasteiger partial charge >= 0.3 is 5.97 Å². The molecular formula is C19H19NO5S. The Kier molecular flexibility index (Phi) is 4.50. The van der Waals surface area contributed by atoms with E-state index in [9.17, 15) is 18.3 Å². The molecule has 1 heterocycles. The van der Waals surface area contributed by atoms with Crippen molar-refractivity contribution in [2.45, 2.75) is 31.8 Å². The van der Waals surface area contributed by atoms with Crippen LogP contribution in [0.5, 0.6) is 5.75 Å². The lowest BCUT2D eigenvalue weighted by Gasteiger charge is -2.12. The normalized spacial score (nSPS) is 11.8. The van der Waals surface area contributed by atoms with Crippen molar-refractivity contribution < 1.29 is 23.1 Å². The summed E-state index contributed by atoms with van der Waals surface area (Å²) in [6.07, 6.45) is -0.0511.